The molecule has 26 heavy (non-hydrogen) atoms. The third-order valence-electron chi connectivity index (χ3n) is 4.89. The van der Waals surface area contributed by atoms with Crippen LogP contribution in [0.5, 0.6) is 0 Å². The summed E-state index contributed by atoms with van der Waals surface area (Å²) in [7, 11) is 0. The van der Waals surface area contributed by atoms with Crippen LogP contribution in [0.25, 0.3) is 0 Å². The average molecular weight is 380 g/mol. The molecular weight excluding hydrogens is 350 g/mol. The van der Waals surface area contributed by atoms with Crippen molar-refractivity contribution in [3.63, 3.8) is 0 Å². The third-order valence-corrected chi connectivity index (χ3v) is 5.24. The van der Waals surface area contributed by atoms with Gasteiger partial charge in [-0.25, -0.2) is 0 Å². The summed E-state index contributed by atoms with van der Waals surface area (Å²) in [6.07, 6.45) is 1.62. The maximum atomic E-state index is 12.6. The lowest BCUT2D eigenvalue weighted by Gasteiger charge is -2.35. The first kappa shape index (κ1) is 20.7. The van der Waals surface area contributed by atoms with Gasteiger partial charge in [-0.2, -0.15) is 0 Å². The van der Waals surface area contributed by atoms with Crippen LogP contribution in [-0.2, 0) is 22.4 Å². The molecule has 0 radical (unpaired) electrons. The highest BCUT2D eigenvalue weighted by molar-refractivity contribution is 6.32. The summed E-state index contributed by atoms with van der Waals surface area (Å²) in [6, 6.07) is 3.88. The van der Waals surface area contributed by atoms with Gasteiger partial charge in [-0.05, 0) is 30.0 Å². The molecule has 1 aliphatic rings. The van der Waals surface area contributed by atoms with Gasteiger partial charge in [0.25, 0.3) is 0 Å². The van der Waals surface area contributed by atoms with Crippen molar-refractivity contribution >= 4 is 29.1 Å². The maximum Gasteiger partial charge on any atom is 0.238 e. The minimum Gasteiger partial charge on any atom is -0.340 e. The molecule has 1 N–H and O–H groups in total. The van der Waals surface area contributed by atoms with E-state index in [1.165, 1.54) is 0 Å². The van der Waals surface area contributed by atoms with Crippen LogP contribution in [0.1, 0.15) is 38.8 Å². The highest BCUT2D eigenvalue weighted by atomic mass is 35.5. The molecule has 0 saturated carbocycles. The fourth-order valence-electron chi connectivity index (χ4n) is 3.34. The topological polar surface area (TPSA) is 52.7 Å². The molecule has 2 amide bonds. The number of nitrogens with zero attached hydrogens (tertiary/aromatic N) is 2. The van der Waals surface area contributed by atoms with Crippen molar-refractivity contribution in [3.8, 4) is 0 Å². The second kappa shape index (κ2) is 9.38. The summed E-state index contributed by atoms with van der Waals surface area (Å²) in [5, 5.41) is 3.77. The fraction of sp³-hybridized carbons (Fsp3) is 0.600. The Bertz CT molecular complexity index is 653. The van der Waals surface area contributed by atoms with E-state index in [0.717, 1.165) is 42.7 Å². The Morgan fingerprint density at radius 2 is 1.77 bits per heavy atom. The lowest BCUT2D eigenvalue weighted by atomic mass is 10.0. The number of amides is 2. The summed E-state index contributed by atoms with van der Waals surface area (Å²) in [4.78, 5) is 28.6. The first-order valence-electron chi connectivity index (χ1n) is 9.48. The minimum atomic E-state index is -0.0275. The SMILES string of the molecule is CCc1ccc(Cl)c(CC)c1NC(=O)CN1CCN(C(=O)C(C)C)CC1. The highest BCUT2D eigenvalue weighted by Gasteiger charge is 2.24. The summed E-state index contributed by atoms with van der Waals surface area (Å²) >= 11 is 6.31. The summed E-state index contributed by atoms with van der Waals surface area (Å²) in [6.45, 7) is 11.1. The number of benzene rings is 1. The molecule has 1 saturated heterocycles. The zero-order valence-electron chi connectivity index (χ0n) is 16.3. The molecule has 0 unspecified atom stereocenters. The number of nitrogens with one attached hydrogen (secondary N) is 1. The lowest BCUT2D eigenvalue weighted by molar-refractivity contribution is -0.136. The van der Waals surface area contributed by atoms with Crippen molar-refractivity contribution in [2.24, 2.45) is 5.92 Å². The predicted molar refractivity (Wildman–Crippen MR) is 107 cm³/mol. The van der Waals surface area contributed by atoms with Crippen molar-refractivity contribution in [1.82, 2.24) is 9.80 Å². The van der Waals surface area contributed by atoms with Gasteiger partial charge in [-0.1, -0.05) is 45.4 Å². The van der Waals surface area contributed by atoms with Crippen molar-refractivity contribution < 1.29 is 9.59 Å². The third kappa shape index (κ3) is 4.98. The van der Waals surface area contributed by atoms with Crippen LogP contribution in [0.3, 0.4) is 0 Å². The Hall–Kier alpha value is -1.59. The Morgan fingerprint density at radius 1 is 1.12 bits per heavy atom. The van der Waals surface area contributed by atoms with Gasteiger partial charge in [0.1, 0.15) is 0 Å². The number of aryl methyl sites for hydroxylation is 1. The van der Waals surface area contributed by atoms with Crippen LogP contribution in [0.15, 0.2) is 12.1 Å². The second-order valence-corrected chi connectivity index (χ2v) is 7.48. The normalized spacial score (nSPS) is 15.4. The van der Waals surface area contributed by atoms with E-state index in [2.05, 4.69) is 17.1 Å². The van der Waals surface area contributed by atoms with Gasteiger partial charge in [0.05, 0.1) is 6.54 Å². The number of anilines is 1. The molecule has 1 aliphatic heterocycles. The molecule has 144 valence electrons. The van der Waals surface area contributed by atoms with Gasteiger partial charge < -0.3 is 10.2 Å². The van der Waals surface area contributed by atoms with E-state index in [1.54, 1.807) is 0 Å². The molecule has 5 nitrogen and oxygen atoms in total. The van der Waals surface area contributed by atoms with E-state index in [1.807, 2.05) is 37.8 Å². The second-order valence-electron chi connectivity index (χ2n) is 7.07. The molecule has 0 spiro atoms. The van der Waals surface area contributed by atoms with E-state index >= 15 is 0 Å². The van der Waals surface area contributed by atoms with Crippen LogP contribution in [-0.4, -0.2) is 54.3 Å². The van der Waals surface area contributed by atoms with Gasteiger partial charge in [0.2, 0.25) is 11.8 Å². The Balaban J connectivity index is 1.96. The Kier molecular flexibility index (Phi) is 7.47. The summed E-state index contributed by atoms with van der Waals surface area (Å²) in [5.41, 5.74) is 2.96. The predicted octanol–water partition coefficient (Wildman–Crippen LogP) is 3.20. The van der Waals surface area contributed by atoms with Crippen LogP contribution >= 0.6 is 11.6 Å². The maximum absolute atomic E-state index is 12.6. The van der Waals surface area contributed by atoms with Crippen molar-refractivity contribution in [2.75, 3.05) is 38.0 Å². The van der Waals surface area contributed by atoms with Crippen LogP contribution in [0.2, 0.25) is 5.02 Å². The van der Waals surface area contributed by atoms with Gasteiger partial charge >= 0.3 is 0 Å². The molecule has 1 fully saturated rings. The molecule has 0 aliphatic carbocycles. The van der Waals surface area contributed by atoms with E-state index in [4.69, 9.17) is 11.6 Å². The number of halogens is 1. The average Bonchev–Trinajstić information content (AvgIpc) is 2.62. The highest BCUT2D eigenvalue weighted by Crippen LogP contribution is 2.29. The van der Waals surface area contributed by atoms with Crippen LogP contribution in [0.4, 0.5) is 5.69 Å². The zero-order chi connectivity index (χ0) is 19.3. The van der Waals surface area contributed by atoms with Gasteiger partial charge in [0, 0.05) is 42.8 Å². The van der Waals surface area contributed by atoms with Crippen molar-refractivity contribution in [1.29, 1.82) is 0 Å². The van der Waals surface area contributed by atoms with Gasteiger partial charge in [-0.15, -0.1) is 0 Å². The van der Waals surface area contributed by atoms with Gasteiger partial charge in [0.15, 0.2) is 0 Å². The van der Waals surface area contributed by atoms with E-state index in [0.29, 0.717) is 24.7 Å². The number of piperazine rings is 1. The quantitative estimate of drug-likeness (QED) is 0.825. The first-order chi connectivity index (χ1) is 12.4. The van der Waals surface area contributed by atoms with Crippen LogP contribution < -0.4 is 5.32 Å². The van der Waals surface area contributed by atoms with Crippen molar-refractivity contribution in [3.05, 3.63) is 28.3 Å². The standard InChI is InChI=1S/C20H30ClN3O2/c1-5-15-7-8-17(21)16(6-2)19(15)22-18(25)13-23-9-11-24(12-10-23)20(26)14(3)4/h7-8,14H,5-6,9-13H2,1-4H3,(H,22,25). The molecule has 0 atom stereocenters. The Labute approximate surface area is 161 Å². The molecule has 0 aromatic heterocycles. The van der Waals surface area contributed by atoms with Crippen molar-refractivity contribution in [2.45, 2.75) is 40.5 Å². The fourth-order valence-corrected chi connectivity index (χ4v) is 3.63. The molecule has 1 aromatic carbocycles. The monoisotopic (exact) mass is 379 g/mol. The number of hydrogen-bond donors (Lipinski definition) is 1. The molecule has 6 heteroatoms. The minimum absolute atomic E-state index is 0.0209. The molecule has 1 aromatic rings. The summed E-state index contributed by atoms with van der Waals surface area (Å²) < 4.78 is 0. The number of hydrogen-bond acceptors (Lipinski definition) is 3. The van der Waals surface area contributed by atoms with Crippen LogP contribution in [0, 0.1) is 5.92 Å². The zero-order valence-corrected chi connectivity index (χ0v) is 17.0. The van der Waals surface area contributed by atoms with Gasteiger partial charge in [-0.3, -0.25) is 14.5 Å². The van der Waals surface area contributed by atoms with E-state index in [-0.39, 0.29) is 17.7 Å². The molecule has 2 rings (SSSR count). The first-order valence-corrected chi connectivity index (χ1v) is 9.86. The Morgan fingerprint density at radius 3 is 2.31 bits per heavy atom. The number of carbonyl (C=O) groups excluding carboxylic acids is 2. The largest absolute Gasteiger partial charge is 0.340 e. The smallest absolute Gasteiger partial charge is 0.238 e. The molecular formula is C20H30ClN3O2. The molecule has 1 heterocycles. The lowest BCUT2D eigenvalue weighted by Crippen LogP contribution is -2.51. The molecule has 0 bridgehead atoms. The number of carbonyl (C=O) groups is 2. The van der Waals surface area contributed by atoms with E-state index < -0.39 is 0 Å². The van der Waals surface area contributed by atoms with E-state index in [9.17, 15) is 9.59 Å². The summed E-state index contributed by atoms with van der Waals surface area (Å²) in [5.74, 6) is 0.182. The number of rotatable bonds is 6.